The molecule has 1 aliphatic heterocycles. The Morgan fingerprint density at radius 1 is 1.04 bits per heavy atom. The Balaban J connectivity index is 1.47. The number of carbonyl (C=O) groups excluding carboxylic acids is 1. The number of nitrogens with zero attached hydrogens (tertiary/aromatic N) is 1. The van der Waals surface area contributed by atoms with Crippen molar-refractivity contribution in [2.75, 3.05) is 19.6 Å². The highest BCUT2D eigenvalue weighted by Crippen LogP contribution is 2.18. The number of aliphatic hydroxyl groups excluding tert-OH is 1. The molecule has 3 N–H and O–H groups in total. The summed E-state index contributed by atoms with van der Waals surface area (Å²) < 4.78 is 0. The van der Waals surface area contributed by atoms with Crippen molar-refractivity contribution in [2.24, 2.45) is 0 Å². The smallest absolute Gasteiger partial charge is 0.335 e. The molecular weight excluding hydrogens is 332 g/mol. The molecule has 3 rings (SSSR count). The minimum Gasteiger partial charge on any atom is -0.478 e. The highest BCUT2D eigenvalue weighted by atomic mass is 16.4. The van der Waals surface area contributed by atoms with E-state index in [0.29, 0.717) is 12.1 Å². The zero-order chi connectivity index (χ0) is 18.5. The quantitative estimate of drug-likeness (QED) is 0.732. The van der Waals surface area contributed by atoms with Crippen molar-refractivity contribution in [1.29, 1.82) is 0 Å². The number of hydrogen-bond acceptors (Lipinski definition) is 4. The highest BCUT2D eigenvalue weighted by Gasteiger charge is 2.19. The molecule has 1 atom stereocenters. The van der Waals surface area contributed by atoms with E-state index in [4.69, 9.17) is 5.11 Å². The first-order valence-corrected chi connectivity index (χ1v) is 8.61. The summed E-state index contributed by atoms with van der Waals surface area (Å²) in [4.78, 5) is 25.1. The zero-order valence-electron chi connectivity index (χ0n) is 14.4. The molecule has 0 saturated carbocycles. The number of benzene rings is 2. The number of amides is 1. The first-order valence-electron chi connectivity index (χ1n) is 8.61. The fourth-order valence-electron chi connectivity index (χ4n) is 3.15. The lowest BCUT2D eigenvalue weighted by molar-refractivity contribution is 0.0696. The van der Waals surface area contributed by atoms with E-state index in [-0.39, 0.29) is 18.0 Å². The minimum atomic E-state index is -1.03. The molecule has 1 heterocycles. The standard InChI is InChI=1S/C20H22N2O4/c23-18(13-22-10-9-14-3-1-2-4-17(14)12-22)11-21-19(24)15-5-7-16(8-6-15)20(25)26/h1-8,18,23H,9-13H2,(H,21,24)(H,25,26). The Labute approximate surface area is 152 Å². The number of hydrogen-bond donors (Lipinski definition) is 3. The number of aliphatic hydroxyl groups is 1. The van der Waals surface area contributed by atoms with Gasteiger partial charge in [0.2, 0.25) is 0 Å². The Kier molecular flexibility index (Phi) is 5.65. The molecule has 136 valence electrons. The maximum Gasteiger partial charge on any atom is 0.335 e. The van der Waals surface area contributed by atoms with E-state index < -0.39 is 12.1 Å². The molecule has 0 aliphatic carbocycles. The SMILES string of the molecule is O=C(O)c1ccc(C(=O)NCC(O)CN2CCc3ccccc3C2)cc1. The van der Waals surface area contributed by atoms with E-state index in [9.17, 15) is 14.7 Å². The third-order valence-corrected chi connectivity index (χ3v) is 4.57. The number of β-amino-alcohol motifs (C(OH)–C–C–N with tert-alkyl or cyclic N) is 1. The van der Waals surface area contributed by atoms with Crippen LogP contribution in [0.5, 0.6) is 0 Å². The Morgan fingerprint density at radius 3 is 2.38 bits per heavy atom. The van der Waals surface area contributed by atoms with Crippen molar-refractivity contribution in [3.63, 3.8) is 0 Å². The molecule has 1 amide bonds. The number of nitrogens with one attached hydrogen (secondary N) is 1. The molecule has 0 bridgehead atoms. The topological polar surface area (TPSA) is 89.9 Å². The average molecular weight is 354 g/mol. The molecule has 2 aromatic carbocycles. The Hall–Kier alpha value is -2.70. The van der Waals surface area contributed by atoms with Crippen LogP contribution in [0.1, 0.15) is 31.8 Å². The molecule has 0 saturated heterocycles. The number of aromatic carboxylic acids is 1. The second kappa shape index (κ2) is 8.12. The lowest BCUT2D eigenvalue weighted by Gasteiger charge is -2.30. The molecule has 0 fully saturated rings. The zero-order valence-corrected chi connectivity index (χ0v) is 14.4. The fourth-order valence-corrected chi connectivity index (χ4v) is 3.15. The van der Waals surface area contributed by atoms with Crippen LogP contribution in [0, 0.1) is 0 Å². The first kappa shape index (κ1) is 18.1. The van der Waals surface area contributed by atoms with Gasteiger partial charge in [0, 0.05) is 31.7 Å². The molecule has 26 heavy (non-hydrogen) atoms. The van der Waals surface area contributed by atoms with Crippen LogP contribution in [-0.4, -0.2) is 52.7 Å². The van der Waals surface area contributed by atoms with Crippen LogP contribution < -0.4 is 5.32 Å². The van der Waals surface area contributed by atoms with E-state index in [2.05, 4.69) is 22.3 Å². The van der Waals surface area contributed by atoms with Gasteiger partial charge in [-0.2, -0.15) is 0 Å². The minimum absolute atomic E-state index is 0.131. The summed E-state index contributed by atoms with van der Waals surface area (Å²) >= 11 is 0. The average Bonchev–Trinajstić information content (AvgIpc) is 2.66. The first-order chi connectivity index (χ1) is 12.5. The van der Waals surface area contributed by atoms with Crippen LogP contribution in [0.4, 0.5) is 0 Å². The van der Waals surface area contributed by atoms with Crippen molar-refractivity contribution in [3.8, 4) is 0 Å². The van der Waals surface area contributed by atoms with Crippen molar-refractivity contribution < 1.29 is 19.8 Å². The molecule has 6 nitrogen and oxygen atoms in total. The van der Waals surface area contributed by atoms with Gasteiger partial charge in [0.25, 0.3) is 5.91 Å². The second-order valence-electron chi connectivity index (χ2n) is 6.50. The molecule has 0 aromatic heterocycles. The lowest BCUT2D eigenvalue weighted by Crippen LogP contribution is -2.42. The second-order valence-corrected chi connectivity index (χ2v) is 6.50. The molecule has 2 aromatic rings. The van der Waals surface area contributed by atoms with E-state index in [1.165, 1.54) is 35.4 Å². The molecule has 1 aliphatic rings. The van der Waals surface area contributed by atoms with Gasteiger partial charge in [0.05, 0.1) is 11.7 Å². The number of carboxylic acids is 1. The summed E-state index contributed by atoms with van der Waals surface area (Å²) in [5.41, 5.74) is 3.14. The summed E-state index contributed by atoms with van der Waals surface area (Å²) in [6.45, 7) is 2.33. The van der Waals surface area contributed by atoms with Crippen LogP contribution in [-0.2, 0) is 13.0 Å². The van der Waals surface area contributed by atoms with Gasteiger partial charge < -0.3 is 15.5 Å². The maximum absolute atomic E-state index is 12.1. The van der Waals surface area contributed by atoms with Crippen LogP contribution in [0.3, 0.4) is 0 Å². The van der Waals surface area contributed by atoms with E-state index >= 15 is 0 Å². The van der Waals surface area contributed by atoms with Gasteiger partial charge in [0.15, 0.2) is 0 Å². The number of carboxylic acid groups (broad SMARTS) is 1. The van der Waals surface area contributed by atoms with Crippen molar-refractivity contribution >= 4 is 11.9 Å². The summed E-state index contributed by atoms with van der Waals surface area (Å²) in [7, 11) is 0. The van der Waals surface area contributed by atoms with Gasteiger partial charge in [-0.3, -0.25) is 9.69 Å². The van der Waals surface area contributed by atoms with Crippen LogP contribution >= 0.6 is 0 Å². The molecule has 0 radical (unpaired) electrons. The Bertz CT molecular complexity index is 789. The normalized spacial score (nSPS) is 15.1. The molecule has 1 unspecified atom stereocenters. The van der Waals surface area contributed by atoms with Gasteiger partial charge >= 0.3 is 5.97 Å². The van der Waals surface area contributed by atoms with Crippen LogP contribution in [0.2, 0.25) is 0 Å². The van der Waals surface area contributed by atoms with Gasteiger partial charge in [-0.25, -0.2) is 4.79 Å². The van der Waals surface area contributed by atoms with Crippen LogP contribution in [0.25, 0.3) is 0 Å². The number of fused-ring (bicyclic) bond motifs is 1. The van der Waals surface area contributed by atoms with Crippen molar-refractivity contribution in [2.45, 2.75) is 19.1 Å². The Morgan fingerprint density at radius 2 is 1.69 bits per heavy atom. The monoisotopic (exact) mass is 354 g/mol. The summed E-state index contributed by atoms with van der Waals surface area (Å²) in [6.07, 6.45) is 0.299. The van der Waals surface area contributed by atoms with Gasteiger partial charge in [-0.15, -0.1) is 0 Å². The van der Waals surface area contributed by atoms with Gasteiger partial charge in [-0.05, 0) is 41.8 Å². The fraction of sp³-hybridized carbons (Fsp3) is 0.300. The van der Waals surface area contributed by atoms with Crippen molar-refractivity contribution in [3.05, 3.63) is 70.8 Å². The maximum atomic E-state index is 12.1. The molecular formula is C20H22N2O4. The largest absolute Gasteiger partial charge is 0.478 e. The van der Waals surface area contributed by atoms with Crippen LogP contribution in [0.15, 0.2) is 48.5 Å². The van der Waals surface area contributed by atoms with Gasteiger partial charge in [0.1, 0.15) is 0 Å². The third-order valence-electron chi connectivity index (χ3n) is 4.57. The third kappa shape index (κ3) is 4.47. The van der Waals surface area contributed by atoms with E-state index in [0.717, 1.165) is 19.5 Å². The number of rotatable bonds is 6. The predicted molar refractivity (Wildman–Crippen MR) is 97.2 cm³/mol. The van der Waals surface area contributed by atoms with Gasteiger partial charge in [-0.1, -0.05) is 24.3 Å². The van der Waals surface area contributed by atoms with E-state index in [1.54, 1.807) is 0 Å². The predicted octanol–water partition coefficient (Wildman–Crippen LogP) is 1.53. The highest BCUT2D eigenvalue weighted by molar-refractivity contribution is 5.95. The van der Waals surface area contributed by atoms with Crippen molar-refractivity contribution in [1.82, 2.24) is 10.2 Å². The molecule has 6 heteroatoms. The summed E-state index contributed by atoms with van der Waals surface area (Å²) in [5.74, 6) is -1.36. The van der Waals surface area contributed by atoms with E-state index in [1.807, 2.05) is 12.1 Å². The molecule has 0 spiro atoms. The number of carbonyl (C=O) groups is 2. The summed E-state index contributed by atoms with van der Waals surface area (Å²) in [5, 5.41) is 21.8. The summed E-state index contributed by atoms with van der Waals surface area (Å²) in [6, 6.07) is 14.0. The lowest BCUT2D eigenvalue weighted by atomic mass is 10.00.